The van der Waals surface area contributed by atoms with Crippen molar-refractivity contribution >= 4 is 23.4 Å². The van der Waals surface area contributed by atoms with E-state index < -0.39 is 17.1 Å². The van der Waals surface area contributed by atoms with Crippen LogP contribution in [0.3, 0.4) is 0 Å². The van der Waals surface area contributed by atoms with E-state index >= 15 is 0 Å². The Bertz CT molecular complexity index is 648. The molecule has 5 nitrogen and oxygen atoms in total. The fourth-order valence-electron chi connectivity index (χ4n) is 2.70. The lowest BCUT2D eigenvalue weighted by molar-refractivity contribution is -0.129. The molecule has 2 fully saturated rings. The third-order valence-electron chi connectivity index (χ3n) is 4.68. The monoisotopic (exact) mass is 354 g/mol. The Labute approximate surface area is 144 Å². The van der Waals surface area contributed by atoms with Crippen LogP contribution < -0.4 is 15.4 Å². The Balaban J connectivity index is 1.46. The molecule has 24 heavy (non-hydrogen) atoms. The van der Waals surface area contributed by atoms with Crippen molar-refractivity contribution in [3.05, 3.63) is 29.3 Å². The molecule has 2 atom stereocenters. The van der Waals surface area contributed by atoms with E-state index in [2.05, 4.69) is 10.6 Å². The van der Waals surface area contributed by atoms with Gasteiger partial charge < -0.3 is 15.4 Å². The Morgan fingerprint density at radius 2 is 2.00 bits per heavy atom. The van der Waals surface area contributed by atoms with E-state index in [9.17, 15) is 14.0 Å². The van der Waals surface area contributed by atoms with E-state index in [1.807, 2.05) is 6.92 Å². The average molecular weight is 355 g/mol. The van der Waals surface area contributed by atoms with Crippen molar-refractivity contribution in [1.29, 1.82) is 0 Å². The number of carbonyl (C=O) groups excluding carboxylic acids is 2. The van der Waals surface area contributed by atoms with Crippen molar-refractivity contribution in [2.75, 3.05) is 6.61 Å². The molecule has 1 aromatic rings. The zero-order valence-electron chi connectivity index (χ0n) is 13.4. The summed E-state index contributed by atoms with van der Waals surface area (Å²) in [5.74, 6) is -0.284. The maximum atomic E-state index is 13.8. The standard InChI is InChI=1S/C17H20ClFN2O3/c1-2-17(21-15(23)16(19)7-8-16)9-13(17)20-14(22)10-24-12-5-3-11(18)4-6-12/h3-6,13H,2,7-10H2,1H3,(H,20,22)(H,21,23). The van der Waals surface area contributed by atoms with Crippen LogP contribution >= 0.6 is 11.6 Å². The largest absolute Gasteiger partial charge is 0.484 e. The highest BCUT2D eigenvalue weighted by molar-refractivity contribution is 6.30. The minimum absolute atomic E-state index is 0.126. The molecule has 0 heterocycles. The summed E-state index contributed by atoms with van der Waals surface area (Å²) in [6.45, 7) is 1.79. The van der Waals surface area contributed by atoms with Gasteiger partial charge in [0.15, 0.2) is 12.3 Å². The first-order valence-electron chi connectivity index (χ1n) is 8.06. The summed E-state index contributed by atoms with van der Waals surface area (Å²) in [7, 11) is 0. The normalized spacial score (nSPS) is 26.4. The number of halogens is 2. The van der Waals surface area contributed by atoms with Gasteiger partial charge in [-0.3, -0.25) is 9.59 Å². The molecule has 2 N–H and O–H groups in total. The van der Waals surface area contributed by atoms with E-state index in [0.717, 1.165) is 0 Å². The van der Waals surface area contributed by atoms with Gasteiger partial charge in [0, 0.05) is 5.02 Å². The van der Waals surface area contributed by atoms with Gasteiger partial charge in [-0.2, -0.15) is 0 Å². The number of hydrogen-bond acceptors (Lipinski definition) is 3. The number of carbonyl (C=O) groups is 2. The SMILES string of the molecule is CCC1(NC(=O)C2(F)CC2)CC1NC(=O)COc1ccc(Cl)cc1. The predicted octanol–water partition coefficient (Wildman–Crippen LogP) is 2.37. The number of hydrogen-bond donors (Lipinski definition) is 2. The highest BCUT2D eigenvalue weighted by Crippen LogP contribution is 2.44. The fourth-order valence-corrected chi connectivity index (χ4v) is 2.83. The molecule has 0 aliphatic heterocycles. The van der Waals surface area contributed by atoms with Crippen LogP contribution in [0.4, 0.5) is 4.39 Å². The molecular weight excluding hydrogens is 335 g/mol. The molecule has 2 saturated carbocycles. The lowest BCUT2D eigenvalue weighted by atomic mass is 10.1. The maximum absolute atomic E-state index is 13.8. The first kappa shape index (κ1) is 17.0. The summed E-state index contributed by atoms with van der Waals surface area (Å²) in [6, 6.07) is 6.53. The zero-order chi connectivity index (χ0) is 17.4. The van der Waals surface area contributed by atoms with Crippen molar-refractivity contribution in [2.24, 2.45) is 0 Å². The van der Waals surface area contributed by atoms with Gasteiger partial charge in [0.25, 0.3) is 11.8 Å². The number of alkyl halides is 1. The van der Waals surface area contributed by atoms with Gasteiger partial charge in [0.2, 0.25) is 0 Å². The molecule has 0 bridgehead atoms. The minimum atomic E-state index is -1.70. The highest BCUT2D eigenvalue weighted by Gasteiger charge is 2.59. The summed E-state index contributed by atoms with van der Waals surface area (Å²) in [4.78, 5) is 23.9. The Kier molecular flexibility index (Phi) is 4.42. The fraction of sp³-hybridized carbons (Fsp3) is 0.529. The van der Waals surface area contributed by atoms with Crippen molar-refractivity contribution < 1.29 is 18.7 Å². The number of benzene rings is 1. The number of ether oxygens (including phenoxy) is 1. The Morgan fingerprint density at radius 1 is 1.33 bits per heavy atom. The number of amides is 2. The molecule has 2 aliphatic carbocycles. The van der Waals surface area contributed by atoms with Crippen molar-refractivity contribution in [1.82, 2.24) is 10.6 Å². The van der Waals surface area contributed by atoms with Crippen molar-refractivity contribution in [3.63, 3.8) is 0 Å². The van der Waals surface area contributed by atoms with Gasteiger partial charge in [0.1, 0.15) is 5.75 Å². The van der Waals surface area contributed by atoms with Gasteiger partial charge in [-0.15, -0.1) is 0 Å². The van der Waals surface area contributed by atoms with Crippen LogP contribution in [0.15, 0.2) is 24.3 Å². The van der Waals surface area contributed by atoms with E-state index in [0.29, 0.717) is 23.6 Å². The van der Waals surface area contributed by atoms with Crippen LogP contribution in [0.1, 0.15) is 32.6 Å². The molecular formula is C17H20ClFN2O3. The molecule has 0 saturated heterocycles. The average Bonchev–Trinajstić information content (AvgIpc) is 3.46. The van der Waals surface area contributed by atoms with Crippen LogP contribution in [0.2, 0.25) is 5.02 Å². The summed E-state index contributed by atoms with van der Waals surface area (Å²) < 4.78 is 19.2. The third kappa shape index (κ3) is 3.64. The second-order valence-electron chi connectivity index (χ2n) is 6.50. The van der Waals surface area contributed by atoms with Gasteiger partial charge in [-0.25, -0.2) is 4.39 Å². The topological polar surface area (TPSA) is 67.4 Å². The number of rotatable bonds is 7. The van der Waals surface area contributed by atoms with Crippen LogP contribution in [0.25, 0.3) is 0 Å². The van der Waals surface area contributed by atoms with Crippen LogP contribution in [-0.4, -0.2) is 35.7 Å². The number of nitrogens with one attached hydrogen (secondary N) is 2. The first-order chi connectivity index (χ1) is 11.4. The molecule has 7 heteroatoms. The first-order valence-corrected chi connectivity index (χ1v) is 8.44. The predicted molar refractivity (Wildman–Crippen MR) is 87.7 cm³/mol. The van der Waals surface area contributed by atoms with Gasteiger partial charge in [-0.05, 0) is 49.9 Å². The Morgan fingerprint density at radius 3 is 2.58 bits per heavy atom. The summed E-state index contributed by atoms with van der Waals surface area (Å²) in [6.07, 6.45) is 1.81. The summed E-state index contributed by atoms with van der Waals surface area (Å²) >= 11 is 5.78. The van der Waals surface area contributed by atoms with E-state index in [1.165, 1.54) is 0 Å². The molecule has 0 spiro atoms. The van der Waals surface area contributed by atoms with Crippen LogP contribution in [0.5, 0.6) is 5.75 Å². The van der Waals surface area contributed by atoms with E-state index in [1.54, 1.807) is 24.3 Å². The lowest BCUT2D eigenvalue weighted by Crippen LogP contribution is -2.47. The summed E-state index contributed by atoms with van der Waals surface area (Å²) in [5, 5.41) is 6.19. The minimum Gasteiger partial charge on any atom is -0.484 e. The molecule has 2 amide bonds. The Hall–Kier alpha value is -1.82. The second-order valence-corrected chi connectivity index (χ2v) is 6.93. The van der Waals surface area contributed by atoms with Crippen LogP contribution in [-0.2, 0) is 9.59 Å². The van der Waals surface area contributed by atoms with Crippen LogP contribution in [0, 0.1) is 0 Å². The molecule has 2 aliphatic rings. The summed E-state index contributed by atoms with van der Waals surface area (Å²) in [5.41, 5.74) is -2.23. The van der Waals surface area contributed by atoms with E-state index in [4.69, 9.17) is 16.3 Å². The van der Waals surface area contributed by atoms with Crippen molar-refractivity contribution in [2.45, 2.75) is 49.9 Å². The molecule has 0 radical (unpaired) electrons. The van der Waals surface area contributed by atoms with Crippen molar-refractivity contribution in [3.8, 4) is 5.75 Å². The van der Waals surface area contributed by atoms with E-state index in [-0.39, 0.29) is 31.4 Å². The molecule has 2 unspecified atom stereocenters. The van der Waals surface area contributed by atoms with Gasteiger partial charge in [-0.1, -0.05) is 18.5 Å². The lowest BCUT2D eigenvalue weighted by Gasteiger charge is -2.19. The molecule has 130 valence electrons. The second kappa shape index (κ2) is 6.24. The molecule has 3 rings (SSSR count). The van der Waals surface area contributed by atoms with Gasteiger partial charge >= 0.3 is 0 Å². The zero-order valence-corrected chi connectivity index (χ0v) is 14.2. The van der Waals surface area contributed by atoms with Gasteiger partial charge in [0.05, 0.1) is 11.6 Å². The quantitative estimate of drug-likeness (QED) is 0.790. The molecule has 1 aromatic carbocycles. The smallest absolute Gasteiger partial charge is 0.258 e. The highest BCUT2D eigenvalue weighted by atomic mass is 35.5. The molecule has 0 aromatic heterocycles. The third-order valence-corrected chi connectivity index (χ3v) is 4.94. The maximum Gasteiger partial charge on any atom is 0.258 e.